The Bertz CT molecular complexity index is 285. The molecule has 1 heterocycles. The molecule has 0 unspecified atom stereocenters. The van der Waals surface area contributed by atoms with Gasteiger partial charge in [0.25, 0.3) is 0 Å². The maximum atomic E-state index is 5.41. The maximum absolute atomic E-state index is 5.41. The minimum absolute atomic E-state index is 0.616. The van der Waals surface area contributed by atoms with Gasteiger partial charge >= 0.3 is 0 Å². The van der Waals surface area contributed by atoms with E-state index in [1.54, 1.807) is 0 Å². The van der Waals surface area contributed by atoms with Crippen LogP contribution in [0.15, 0.2) is 10.5 Å². The van der Waals surface area contributed by atoms with E-state index in [1.807, 2.05) is 16.9 Å². The smallest absolute Gasteiger partial charge is 0.207 e. The Labute approximate surface area is 69.1 Å². The molecule has 0 spiro atoms. The molecule has 11 heavy (non-hydrogen) atoms. The highest BCUT2D eigenvalue weighted by Crippen LogP contribution is 1.97. The van der Waals surface area contributed by atoms with Crippen molar-refractivity contribution in [2.24, 2.45) is 16.7 Å². The fourth-order valence-electron chi connectivity index (χ4n) is 0.917. The molecule has 0 fully saturated rings. The first-order valence-corrected chi connectivity index (χ1v) is 4.26. The van der Waals surface area contributed by atoms with Crippen LogP contribution in [0.1, 0.15) is 5.69 Å². The molecule has 0 atom stereocenters. The van der Waals surface area contributed by atoms with E-state index in [9.17, 15) is 0 Å². The van der Waals surface area contributed by atoms with Gasteiger partial charge in [-0.3, -0.25) is 0 Å². The Morgan fingerprint density at radius 3 is 3.00 bits per heavy atom. The first kappa shape index (κ1) is 8.29. The lowest BCUT2D eigenvalue weighted by atomic mass is 10.5. The Kier molecular flexibility index (Phi) is 2.67. The van der Waals surface area contributed by atoms with E-state index < -0.39 is 0 Å². The minimum atomic E-state index is 0.616. The van der Waals surface area contributed by atoms with Gasteiger partial charge in [-0.05, 0) is 6.92 Å². The summed E-state index contributed by atoms with van der Waals surface area (Å²) in [7, 11) is 0. The topological polar surface area (TPSA) is 69.3 Å². The Morgan fingerprint density at radius 2 is 2.45 bits per heavy atom. The van der Waals surface area contributed by atoms with Crippen LogP contribution in [0.5, 0.6) is 0 Å². The van der Waals surface area contributed by atoms with E-state index in [0.717, 1.165) is 17.0 Å². The first-order valence-electron chi connectivity index (χ1n) is 3.38. The van der Waals surface area contributed by atoms with Crippen molar-refractivity contribution in [3.8, 4) is 0 Å². The Balaban J connectivity index is 3.08. The highest BCUT2D eigenvalue weighted by molar-refractivity contribution is 7.07. The summed E-state index contributed by atoms with van der Waals surface area (Å²) in [5.74, 6) is 5.17. The van der Waals surface area contributed by atoms with Crippen LogP contribution in [0.3, 0.4) is 0 Å². The average molecular weight is 172 g/mol. The molecule has 0 bridgehead atoms. The second-order valence-corrected chi connectivity index (χ2v) is 3.07. The number of hydrogen-bond acceptors (Lipinski definition) is 4. The highest BCUT2D eigenvalue weighted by Gasteiger charge is 1.97. The molecule has 0 aromatic carbocycles. The second-order valence-electron chi connectivity index (χ2n) is 2.23. The largest absolute Gasteiger partial charge is 0.329 e. The molecule has 1 aromatic rings. The molecule has 62 valence electrons. The summed E-state index contributed by atoms with van der Waals surface area (Å²) in [6.45, 7) is 3.41. The van der Waals surface area contributed by atoms with Gasteiger partial charge in [0.05, 0.1) is 0 Å². The fraction of sp³-hybridized carbons (Fsp3) is 0.500. The first-order chi connectivity index (χ1) is 5.29. The van der Waals surface area contributed by atoms with Crippen LogP contribution in [0.4, 0.5) is 0 Å². The van der Waals surface area contributed by atoms with Crippen molar-refractivity contribution in [1.29, 1.82) is 0 Å². The molecule has 0 saturated heterocycles. The standard InChI is InChI=1S/C6H12N4S/c1-5-4-11-6(9-8)10(5)3-2-7/h4H,2-3,7-8H2,1H3. The SMILES string of the molecule is Cc1csc(=NN)n1CCN. The zero-order valence-electron chi connectivity index (χ0n) is 6.45. The molecular formula is C6H12N4S. The summed E-state index contributed by atoms with van der Waals surface area (Å²) in [4.78, 5) is 0.827. The summed E-state index contributed by atoms with van der Waals surface area (Å²) in [6, 6.07) is 0. The number of nitrogens with two attached hydrogens (primary N) is 2. The number of thiazole rings is 1. The quantitative estimate of drug-likeness (QED) is 0.470. The van der Waals surface area contributed by atoms with Crippen LogP contribution in [0.2, 0.25) is 0 Å². The van der Waals surface area contributed by atoms with Crippen molar-refractivity contribution in [1.82, 2.24) is 4.57 Å². The van der Waals surface area contributed by atoms with Crippen molar-refractivity contribution in [2.75, 3.05) is 6.54 Å². The average Bonchev–Trinajstić information content (AvgIpc) is 2.34. The van der Waals surface area contributed by atoms with Crippen LogP contribution < -0.4 is 16.4 Å². The zero-order chi connectivity index (χ0) is 8.27. The van der Waals surface area contributed by atoms with Gasteiger partial charge in [-0.15, -0.1) is 11.3 Å². The molecule has 5 heteroatoms. The van der Waals surface area contributed by atoms with Crippen LogP contribution in [0.25, 0.3) is 0 Å². The van der Waals surface area contributed by atoms with Crippen molar-refractivity contribution >= 4 is 11.3 Å². The summed E-state index contributed by atoms with van der Waals surface area (Å²) < 4.78 is 2.00. The number of hydrogen-bond donors (Lipinski definition) is 2. The minimum Gasteiger partial charge on any atom is -0.329 e. The van der Waals surface area contributed by atoms with Gasteiger partial charge in [-0.25, -0.2) is 0 Å². The Morgan fingerprint density at radius 1 is 1.73 bits per heavy atom. The van der Waals surface area contributed by atoms with Gasteiger partial charge < -0.3 is 16.1 Å². The normalized spacial score (nSPS) is 12.4. The molecule has 0 aliphatic rings. The van der Waals surface area contributed by atoms with Gasteiger partial charge in [0, 0.05) is 24.2 Å². The molecule has 1 rings (SSSR count). The summed E-state index contributed by atoms with van der Waals surface area (Å²) in [5, 5.41) is 5.65. The Hall–Kier alpha value is -0.810. The molecule has 0 radical (unpaired) electrons. The predicted molar refractivity (Wildman–Crippen MR) is 45.9 cm³/mol. The van der Waals surface area contributed by atoms with E-state index in [-0.39, 0.29) is 0 Å². The van der Waals surface area contributed by atoms with Crippen molar-refractivity contribution in [3.05, 3.63) is 15.9 Å². The van der Waals surface area contributed by atoms with E-state index in [2.05, 4.69) is 5.10 Å². The molecule has 0 saturated carbocycles. The van der Waals surface area contributed by atoms with E-state index in [1.165, 1.54) is 11.3 Å². The monoisotopic (exact) mass is 172 g/mol. The van der Waals surface area contributed by atoms with Crippen LogP contribution in [-0.2, 0) is 6.54 Å². The van der Waals surface area contributed by atoms with E-state index in [0.29, 0.717) is 6.54 Å². The molecule has 0 aliphatic heterocycles. The third-order valence-corrected chi connectivity index (χ3v) is 2.45. The van der Waals surface area contributed by atoms with Crippen molar-refractivity contribution in [3.63, 3.8) is 0 Å². The molecular weight excluding hydrogens is 160 g/mol. The second kappa shape index (κ2) is 3.54. The van der Waals surface area contributed by atoms with Gasteiger partial charge in [-0.1, -0.05) is 0 Å². The lowest BCUT2D eigenvalue weighted by Gasteiger charge is -2.01. The molecule has 0 aliphatic carbocycles. The third-order valence-electron chi connectivity index (χ3n) is 1.45. The lowest BCUT2D eigenvalue weighted by molar-refractivity contribution is 0.664. The van der Waals surface area contributed by atoms with Crippen LogP contribution in [0, 0.1) is 6.92 Å². The zero-order valence-corrected chi connectivity index (χ0v) is 7.27. The van der Waals surface area contributed by atoms with Crippen molar-refractivity contribution < 1.29 is 0 Å². The summed E-state index contributed by atoms with van der Waals surface area (Å²) in [6.07, 6.45) is 0. The van der Waals surface area contributed by atoms with Gasteiger partial charge in [0.15, 0.2) is 0 Å². The summed E-state index contributed by atoms with van der Waals surface area (Å²) >= 11 is 1.53. The van der Waals surface area contributed by atoms with Gasteiger partial charge in [-0.2, -0.15) is 5.10 Å². The van der Waals surface area contributed by atoms with Gasteiger partial charge in [0.1, 0.15) is 0 Å². The number of rotatable bonds is 2. The summed E-state index contributed by atoms with van der Waals surface area (Å²) in [5.41, 5.74) is 6.57. The molecule has 0 amide bonds. The van der Waals surface area contributed by atoms with E-state index >= 15 is 0 Å². The van der Waals surface area contributed by atoms with Gasteiger partial charge in [0.2, 0.25) is 4.80 Å². The molecule has 4 N–H and O–H groups in total. The number of aryl methyl sites for hydroxylation is 1. The molecule has 4 nitrogen and oxygen atoms in total. The number of aromatic nitrogens is 1. The lowest BCUT2D eigenvalue weighted by Crippen LogP contribution is -2.22. The maximum Gasteiger partial charge on any atom is 0.207 e. The molecule has 1 aromatic heterocycles. The van der Waals surface area contributed by atoms with Crippen LogP contribution >= 0.6 is 11.3 Å². The van der Waals surface area contributed by atoms with E-state index in [4.69, 9.17) is 11.6 Å². The highest BCUT2D eigenvalue weighted by atomic mass is 32.1. The van der Waals surface area contributed by atoms with Crippen LogP contribution in [-0.4, -0.2) is 11.1 Å². The predicted octanol–water partition coefficient (Wildman–Crippen LogP) is -0.409. The third kappa shape index (κ3) is 1.61. The number of nitrogens with zero attached hydrogens (tertiary/aromatic N) is 2. The van der Waals surface area contributed by atoms with Crippen molar-refractivity contribution in [2.45, 2.75) is 13.5 Å². The fourth-order valence-corrected chi connectivity index (χ4v) is 1.74.